The summed E-state index contributed by atoms with van der Waals surface area (Å²) >= 11 is 2.08. The van der Waals surface area contributed by atoms with Crippen molar-refractivity contribution in [2.24, 2.45) is 5.73 Å². The maximum absolute atomic E-state index is 12.8. The quantitative estimate of drug-likeness (QED) is 0.509. The highest BCUT2D eigenvalue weighted by molar-refractivity contribution is 14.1. The molecule has 3 rings (SSSR count). The van der Waals surface area contributed by atoms with E-state index >= 15 is 0 Å². The molecule has 27 heavy (non-hydrogen) atoms. The number of benzene rings is 1. The fourth-order valence-electron chi connectivity index (χ4n) is 3.21. The number of rotatable bonds is 4. The van der Waals surface area contributed by atoms with Crippen LogP contribution in [0.25, 0.3) is 0 Å². The van der Waals surface area contributed by atoms with Gasteiger partial charge in [-0.15, -0.1) is 6.42 Å². The number of nitrogens with zero attached hydrogens (tertiary/aromatic N) is 1. The summed E-state index contributed by atoms with van der Waals surface area (Å²) < 4.78 is 6.21. The van der Waals surface area contributed by atoms with Gasteiger partial charge in [-0.2, -0.15) is 0 Å². The molecule has 0 bridgehead atoms. The van der Waals surface area contributed by atoms with Crippen LogP contribution in [0.3, 0.4) is 0 Å². The molecule has 0 atom stereocenters. The highest BCUT2D eigenvalue weighted by atomic mass is 127. The van der Waals surface area contributed by atoms with Crippen molar-refractivity contribution in [3.8, 4) is 18.1 Å². The van der Waals surface area contributed by atoms with E-state index in [0.29, 0.717) is 41.1 Å². The van der Waals surface area contributed by atoms with E-state index in [0.717, 1.165) is 16.4 Å². The van der Waals surface area contributed by atoms with Crippen molar-refractivity contribution in [3.63, 3.8) is 0 Å². The van der Waals surface area contributed by atoms with Crippen molar-refractivity contribution in [1.29, 1.82) is 0 Å². The van der Waals surface area contributed by atoms with Gasteiger partial charge in [0.1, 0.15) is 5.75 Å². The molecule has 1 aliphatic carbocycles. The van der Waals surface area contributed by atoms with Gasteiger partial charge in [-0.05, 0) is 60.4 Å². The number of hydrogen-bond donors (Lipinski definition) is 2. The number of amides is 3. The molecule has 0 spiro atoms. The van der Waals surface area contributed by atoms with E-state index in [4.69, 9.17) is 16.9 Å². The number of halogens is 1. The molecule has 8 heteroatoms. The summed E-state index contributed by atoms with van der Waals surface area (Å²) in [5.74, 6) is 1.83. The SMILES string of the molecule is C#CCN1C(=O)COc2cc(I)c(NC(=O)C3=C(C(N)=O)CCCC3)cc21. The molecule has 1 aromatic rings. The van der Waals surface area contributed by atoms with Crippen LogP contribution in [0, 0.1) is 15.9 Å². The van der Waals surface area contributed by atoms with Gasteiger partial charge in [0.15, 0.2) is 6.61 Å². The summed E-state index contributed by atoms with van der Waals surface area (Å²) in [5, 5.41) is 2.84. The van der Waals surface area contributed by atoms with Crippen molar-refractivity contribution in [1.82, 2.24) is 0 Å². The second-order valence-electron chi connectivity index (χ2n) is 6.26. The molecule has 0 fully saturated rings. The van der Waals surface area contributed by atoms with Crippen LogP contribution in [0.15, 0.2) is 23.3 Å². The highest BCUT2D eigenvalue weighted by Gasteiger charge is 2.28. The molecular weight excluding hydrogens is 461 g/mol. The van der Waals surface area contributed by atoms with E-state index in [1.807, 2.05) is 0 Å². The Morgan fingerprint density at radius 2 is 2.00 bits per heavy atom. The van der Waals surface area contributed by atoms with Crippen LogP contribution >= 0.6 is 22.6 Å². The van der Waals surface area contributed by atoms with Gasteiger partial charge < -0.3 is 15.8 Å². The third-order valence-electron chi connectivity index (χ3n) is 4.53. The summed E-state index contributed by atoms with van der Waals surface area (Å²) in [6.45, 7) is 0.0332. The van der Waals surface area contributed by atoms with Crippen molar-refractivity contribution in [3.05, 3.63) is 26.8 Å². The fourth-order valence-corrected chi connectivity index (χ4v) is 3.78. The molecule has 0 unspecified atom stereocenters. The topological polar surface area (TPSA) is 102 Å². The number of primary amides is 1. The Hall–Kier alpha value is -2.54. The first-order chi connectivity index (χ1) is 12.9. The second kappa shape index (κ2) is 8.00. The van der Waals surface area contributed by atoms with Gasteiger partial charge in [0.25, 0.3) is 11.8 Å². The summed E-state index contributed by atoms with van der Waals surface area (Å²) in [6, 6.07) is 3.41. The number of fused-ring (bicyclic) bond motifs is 1. The smallest absolute Gasteiger partial charge is 0.265 e. The van der Waals surface area contributed by atoms with Gasteiger partial charge in [-0.1, -0.05) is 5.92 Å². The minimum absolute atomic E-state index is 0.0781. The van der Waals surface area contributed by atoms with Crippen LogP contribution in [-0.2, 0) is 14.4 Å². The molecule has 0 radical (unpaired) electrons. The van der Waals surface area contributed by atoms with Crippen LogP contribution in [-0.4, -0.2) is 30.9 Å². The average molecular weight is 479 g/mol. The van der Waals surface area contributed by atoms with E-state index in [1.165, 1.54) is 4.90 Å². The maximum Gasteiger partial charge on any atom is 0.265 e. The Bertz CT molecular complexity index is 901. The number of terminal acetylenes is 1. The third-order valence-corrected chi connectivity index (χ3v) is 5.42. The van der Waals surface area contributed by atoms with E-state index in [9.17, 15) is 14.4 Å². The predicted molar refractivity (Wildman–Crippen MR) is 109 cm³/mol. The number of anilines is 2. The molecular formula is C19H18IN3O4. The lowest BCUT2D eigenvalue weighted by Gasteiger charge is -2.29. The molecule has 3 amide bonds. The van der Waals surface area contributed by atoms with Crippen LogP contribution in [0.4, 0.5) is 11.4 Å². The zero-order valence-electron chi connectivity index (χ0n) is 14.5. The third kappa shape index (κ3) is 3.93. The summed E-state index contributed by atoms with van der Waals surface area (Å²) in [5.41, 5.74) is 7.26. The van der Waals surface area contributed by atoms with Crippen LogP contribution in [0.5, 0.6) is 5.75 Å². The molecule has 1 aliphatic heterocycles. The first-order valence-electron chi connectivity index (χ1n) is 8.45. The summed E-state index contributed by atoms with van der Waals surface area (Å²) in [6.07, 6.45) is 8.06. The first-order valence-corrected chi connectivity index (χ1v) is 9.53. The van der Waals surface area contributed by atoms with Crippen molar-refractivity contribution >= 4 is 51.7 Å². The molecule has 0 saturated heterocycles. The summed E-state index contributed by atoms with van der Waals surface area (Å²) in [4.78, 5) is 37.9. The van der Waals surface area contributed by atoms with Crippen molar-refractivity contribution in [2.45, 2.75) is 25.7 Å². The van der Waals surface area contributed by atoms with Crippen LogP contribution < -0.4 is 20.7 Å². The molecule has 140 valence electrons. The normalized spacial score (nSPS) is 16.3. The lowest BCUT2D eigenvalue weighted by molar-refractivity contribution is -0.121. The van der Waals surface area contributed by atoms with Crippen molar-refractivity contribution in [2.75, 3.05) is 23.4 Å². The fraction of sp³-hybridized carbons (Fsp3) is 0.316. The summed E-state index contributed by atoms with van der Waals surface area (Å²) in [7, 11) is 0. The zero-order valence-corrected chi connectivity index (χ0v) is 16.7. The molecule has 7 nitrogen and oxygen atoms in total. The number of hydrogen-bond acceptors (Lipinski definition) is 4. The van der Waals surface area contributed by atoms with Crippen LogP contribution in [0.2, 0.25) is 0 Å². The van der Waals surface area contributed by atoms with Gasteiger partial charge in [0.05, 0.1) is 17.9 Å². The molecule has 1 aromatic carbocycles. The van der Waals surface area contributed by atoms with Gasteiger partial charge in [-0.3, -0.25) is 19.3 Å². The van der Waals surface area contributed by atoms with Gasteiger partial charge >= 0.3 is 0 Å². The Kier molecular flexibility index (Phi) is 5.70. The zero-order chi connectivity index (χ0) is 19.6. The van der Waals surface area contributed by atoms with Gasteiger partial charge in [0.2, 0.25) is 5.91 Å². The second-order valence-corrected chi connectivity index (χ2v) is 7.42. The van der Waals surface area contributed by atoms with E-state index in [-0.39, 0.29) is 25.0 Å². The largest absolute Gasteiger partial charge is 0.482 e. The first kappa shape index (κ1) is 19.2. The molecule has 3 N–H and O–H groups in total. The Labute approximate surface area is 170 Å². The lowest BCUT2D eigenvalue weighted by Crippen LogP contribution is -2.39. The Morgan fingerprint density at radius 3 is 2.67 bits per heavy atom. The van der Waals surface area contributed by atoms with E-state index in [2.05, 4.69) is 33.8 Å². The predicted octanol–water partition coefficient (Wildman–Crippen LogP) is 1.94. The average Bonchev–Trinajstić information content (AvgIpc) is 2.65. The minimum atomic E-state index is -0.556. The maximum atomic E-state index is 12.8. The lowest BCUT2D eigenvalue weighted by atomic mass is 9.90. The minimum Gasteiger partial charge on any atom is -0.482 e. The Morgan fingerprint density at radius 1 is 1.30 bits per heavy atom. The van der Waals surface area contributed by atoms with E-state index in [1.54, 1.807) is 12.1 Å². The van der Waals surface area contributed by atoms with E-state index < -0.39 is 5.91 Å². The van der Waals surface area contributed by atoms with Crippen LogP contribution in [0.1, 0.15) is 25.7 Å². The molecule has 0 saturated carbocycles. The number of nitrogens with one attached hydrogen (secondary N) is 1. The number of ether oxygens (including phenoxy) is 1. The standard InChI is InChI=1S/C19H18IN3O4/c1-2-7-23-15-9-14(13(20)8-16(15)27-10-17(23)24)22-19(26)12-6-4-3-5-11(12)18(21)25/h1,8-9H,3-7,10H2,(H2,21,25)(H,22,26). The number of nitrogens with two attached hydrogens (primary N) is 1. The molecule has 1 heterocycles. The monoisotopic (exact) mass is 479 g/mol. The number of carbonyl (C=O) groups excluding carboxylic acids is 3. The number of carbonyl (C=O) groups is 3. The van der Waals surface area contributed by atoms with Gasteiger partial charge in [0, 0.05) is 14.7 Å². The van der Waals surface area contributed by atoms with Gasteiger partial charge in [-0.25, -0.2) is 0 Å². The highest BCUT2D eigenvalue weighted by Crippen LogP contribution is 2.38. The Balaban J connectivity index is 1.94. The molecule has 2 aliphatic rings. The van der Waals surface area contributed by atoms with Crippen molar-refractivity contribution < 1.29 is 19.1 Å². The molecule has 0 aromatic heterocycles.